The van der Waals surface area contributed by atoms with E-state index in [0.29, 0.717) is 25.5 Å². The second-order valence-corrected chi connectivity index (χ2v) is 4.62. The summed E-state index contributed by atoms with van der Waals surface area (Å²) in [6.45, 7) is 0.629. The fourth-order valence-electron chi connectivity index (χ4n) is 2.23. The van der Waals surface area contributed by atoms with Gasteiger partial charge in [-0.2, -0.15) is 0 Å². The number of piperidine rings is 1. The Morgan fingerprint density at radius 2 is 2.05 bits per heavy atom. The first-order valence-corrected chi connectivity index (χ1v) is 6.02. The molecule has 1 saturated heterocycles. The quantitative estimate of drug-likeness (QED) is 0.878. The molecule has 19 heavy (non-hydrogen) atoms. The fraction of sp³-hybridized carbons (Fsp3) is 0.385. The third kappa shape index (κ3) is 2.89. The van der Waals surface area contributed by atoms with Crippen LogP contribution in [-0.2, 0) is 4.79 Å². The minimum atomic E-state index is -0.897. The van der Waals surface area contributed by atoms with Crippen molar-refractivity contribution in [3.8, 4) is 0 Å². The van der Waals surface area contributed by atoms with Crippen molar-refractivity contribution in [1.82, 2.24) is 4.90 Å². The highest BCUT2D eigenvalue weighted by atomic mass is 19.1. The first-order chi connectivity index (χ1) is 8.99. The lowest BCUT2D eigenvalue weighted by Crippen LogP contribution is -2.44. The smallest absolute Gasteiger partial charge is 0.256 e. The minimum absolute atomic E-state index is 0.185. The van der Waals surface area contributed by atoms with Gasteiger partial charge in [0.2, 0.25) is 5.91 Å². The highest BCUT2D eigenvalue weighted by Gasteiger charge is 2.28. The summed E-state index contributed by atoms with van der Waals surface area (Å²) in [5, 5.41) is 0. The number of nitrogens with two attached hydrogens (primary N) is 1. The van der Waals surface area contributed by atoms with E-state index in [1.165, 1.54) is 4.90 Å². The van der Waals surface area contributed by atoms with Gasteiger partial charge in [0.05, 0.1) is 11.5 Å². The van der Waals surface area contributed by atoms with Gasteiger partial charge in [-0.1, -0.05) is 0 Å². The normalized spacial score (nSPS) is 19.3. The van der Waals surface area contributed by atoms with Crippen molar-refractivity contribution in [1.29, 1.82) is 0 Å². The standard InChI is InChI=1S/C13H14F2N2O2/c14-9-3-4-10(11(15)6-9)13(19)17-5-1-2-8(7-17)12(16)18/h3-4,6,8H,1-2,5,7H2,(H2,16,18)/t8-/m0/s1. The van der Waals surface area contributed by atoms with Crippen LogP contribution in [0.3, 0.4) is 0 Å². The van der Waals surface area contributed by atoms with Gasteiger partial charge >= 0.3 is 0 Å². The van der Waals surface area contributed by atoms with E-state index in [4.69, 9.17) is 5.73 Å². The highest BCUT2D eigenvalue weighted by molar-refractivity contribution is 5.95. The van der Waals surface area contributed by atoms with Crippen LogP contribution in [0.2, 0.25) is 0 Å². The van der Waals surface area contributed by atoms with Crippen LogP contribution in [0, 0.1) is 17.6 Å². The van der Waals surface area contributed by atoms with Gasteiger partial charge in [0.25, 0.3) is 5.91 Å². The summed E-state index contributed by atoms with van der Waals surface area (Å²) in [5.74, 6) is -3.03. The van der Waals surface area contributed by atoms with Gasteiger partial charge < -0.3 is 10.6 Å². The summed E-state index contributed by atoms with van der Waals surface area (Å²) in [5.41, 5.74) is 5.03. The number of hydrogen-bond acceptors (Lipinski definition) is 2. The molecule has 1 heterocycles. The number of amides is 2. The molecule has 0 aliphatic carbocycles. The van der Waals surface area contributed by atoms with Crippen LogP contribution in [0.1, 0.15) is 23.2 Å². The van der Waals surface area contributed by atoms with Crippen LogP contribution in [0.15, 0.2) is 18.2 Å². The molecular weight excluding hydrogens is 254 g/mol. The maximum atomic E-state index is 13.5. The molecule has 0 saturated carbocycles. The third-order valence-corrected chi connectivity index (χ3v) is 3.27. The molecule has 2 amide bonds. The van der Waals surface area contributed by atoms with E-state index in [2.05, 4.69) is 0 Å². The van der Waals surface area contributed by atoms with Crippen molar-refractivity contribution in [2.45, 2.75) is 12.8 Å². The Hall–Kier alpha value is -1.98. The van der Waals surface area contributed by atoms with Crippen molar-refractivity contribution in [3.05, 3.63) is 35.4 Å². The molecule has 1 aliphatic heterocycles. The zero-order valence-electron chi connectivity index (χ0n) is 10.2. The van der Waals surface area contributed by atoms with Crippen molar-refractivity contribution in [2.24, 2.45) is 11.7 Å². The summed E-state index contributed by atoms with van der Waals surface area (Å²) in [7, 11) is 0. The summed E-state index contributed by atoms with van der Waals surface area (Å²) < 4.78 is 26.3. The van der Waals surface area contributed by atoms with Gasteiger partial charge in [0.15, 0.2) is 0 Å². The van der Waals surface area contributed by atoms with Gasteiger partial charge in [-0.25, -0.2) is 8.78 Å². The Labute approximate surface area is 109 Å². The first kappa shape index (κ1) is 13.5. The van der Waals surface area contributed by atoms with Gasteiger partial charge in [-0.3, -0.25) is 9.59 Å². The molecule has 6 heteroatoms. The molecule has 1 fully saturated rings. The van der Waals surface area contributed by atoms with Crippen molar-refractivity contribution in [2.75, 3.05) is 13.1 Å². The summed E-state index contributed by atoms with van der Waals surface area (Å²) in [6.07, 6.45) is 1.27. The number of halogens is 2. The lowest BCUT2D eigenvalue weighted by Gasteiger charge is -2.31. The van der Waals surface area contributed by atoms with Crippen molar-refractivity contribution in [3.63, 3.8) is 0 Å². The van der Waals surface area contributed by atoms with E-state index in [-0.39, 0.29) is 12.1 Å². The molecule has 0 bridgehead atoms. The molecule has 1 aromatic rings. The maximum absolute atomic E-state index is 13.5. The molecule has 2 rings (SSSR count). The highest BCUT2D eigenvalue weighted by Crippen LogP contribution is 2.19. The summed E-state index contributed by atoms with van der Waals surface area (Å²) in [4.78, 5) is 24.6. The first-order valence-electron chi connectivity index (χ1n) is 6.02. The second kappa shape index (κ2) is 5.34. The van der Waals surface area contributed by atoms with Crippen LogP contribution in [0.25, 0.3) is 0 Å². The number of hydrogen-bond donors (Lipinski definition) is 1. The van der Waals surface area contributed by atoms with Gasteiger partial charge in [0.1, 0.15) is 11.6 Å². The topological polar surface area (TPSA) is 63.4 Å². The second-order valence-electron chi connectivity index (χ2n) is 4.62. The molecular formula is C13H14F2N2O2. The monoisotopic (exact) mass is 268 g/mol. The maximum Gasteiger partial charge on any atom is 0.256 e. The predicted octanol–water partition coefficient (Wildman–Crippen LogP) is 1.30. The number of rotatable bonds is 2. The molecule has 1 aromatic carbocycles. The third-order valence-electron chi connectivity index (χ3n) is 3.27. The Morgan fingerprint density at radius 1 is 1.32 bits per heavy atom. The average Bonchev–Trinajstić information content (AvgIpc) is 2.38. The molecule has 2 N–H and O–H groups in total. The SMILES string of the molecule is NC(=O)[C@H]1CCCN(C(=O)c2ccc(F)cc2F)C1. The van der Waals surface area contributed by atoms with Crippen LogP contribution >= 0.6 is 0 Å². The van der Waals surface area contributed by atoms with E-state index in [0.717, 1.165) is 12.1 Å². The zero-order valence-corrected chi connectivity index (χ0v) is 10.2. The predicted molar refractivity (Wildman–Crippen MR) is 64.2 cm³/mol. The van der Waals surface area contributed by atoms with E-state index < -0.39 is 29.4 Å². The lowest BCUT2D eigenvalue weighted by atomic mass is 9.97. The number of nitrogens with zero attached hydrogens (tertiary/aromatic N) is 1. The number of carbonyl (C=O) groups is 2. The molecule has 0 unspecified atom stereocenters. The van der Waals surface area contributed by atoms with E-state index in [1.54, 1.807) is 0 Å². The molecule has 0 radical (unpaired) electrons. The number of primary amides is 1. The zero-order chi connectivity index (χ0) is 14.0. The Bertz CT molecular complexity index is 519. The molecule has 0 spiro atoms. The number of benzene rings is 1. The van der Waals surface area contributed by atoms with Crippen LogP contribution in [-0.4, -0.2) is 29.8 Å². The van der Waals surface area contributed by atoms with Crippen molar-refractivity contribution >= 4 is 11.8 Å². The Balaban J connectivity index is 2.17. The Morgan fingerprint density at radius 3 is 2.68 bits per heavy atom. The van der Waals surface area contributed by atoms with Gasteiger partial charge in [-0.15, -0.1) is 0 Å². The van der Waals surface area contributed by atoms with Gasteiger partial charge in [0, 0.05) is 19.2 Å². The fourth-order valence-corrected chi connectivity index (χ4v) is 2.23. The van der Waals surface area contributed by atoms with Crippen molar-refractivity contribution < 1.29 is 18.4 Å². The molecule has 0 aromatic heterocycles. The van der Waals surface area contributed by atoms with Crippen LogP contribution in [0.4, 0.5) is 8.78 Å². The number of carbonyl (C=O) groups excluding carboxylic acids is 2. The van der Waals surface area contributed by atoms with E-state index in [1.807, 2.05) is 0 Å². The lowest BCUT2D eigenvalue weighted by molar-refractivity contribution is -0.123. The summed E-state index contributed by atoms with van der Waals surface area (Å²) >= 11 is 0. The molecule has 102 valence electrons. The van der Waals surface area contributed by atoms with E-state index in [9.17, 15) is 18.4 Å². The minimum Gasteiger partial charge on any atom is -0.369 e. The average molecular weight is 268 g/mol. The van der Waals surface area contributed by atoms with Crippen LogP contribution in [0.5, 0.6) is 0 Å². The largest absolute Gasteiger partial charge is 0.369 e. The van der Waals surface area contributed by atoms with Gasteiger partial charge in [-0.05, 0) is 25.0 Å². The molecule has 4 nitrogen and oxygen atoms in total. The molecule has 1 atom stereocenters. The van der Waals surface area contributed by atoms with E-state index >= 15 is 0 Å². The summed E-state index contributed by atoms with van der Waals surface area (Å²) in [6, 6.07) is 2.81. The number of likely N-dealkylation sites (tertiary alicyclic amines) is 1. The Kier molecular flexibility index (Phi) is 3.78. The molecule has 1 aliphatic rings. The van der Waals surface area contributed by atoms with Crippen LogP contribution < -0.4 is 5.73 Å².